The molecule has 0 spiro atoms. The molecular formula is C27H35ClN8O4. The number of aromatic nitrogens is 4. The Bertz CT molecular complexity index is 1310. The maximum Gasteiger partial charge on any atom is 0.317 e. The van der Waals surface area contributed by atoms with Crippen LogP contribution in [0.15, 0.2) is 43.0 Å². The van der Waals surface area contributed by atoms with Crippen molar-refractivity contribution in [3.05, 3.63) is 53.7 Å². The Labute approximate surface area is 238 Å². The van der Waals surface area contributed by atoms with Crippen molar-refractivity contribution in [3.8, 4) is 17.4 Å². The largest absolute Gasteiger partial charge is 0.493 e. The van der Waals surface area contributed by atoms with Gasteiger partial charge in [0.05, 0.1) is 26.3 Å². The highest BCUT2D eigenvalue weighted by molar-refractivity contribution is 6.29. The number of carbonyl (C=O) groups is 2. The SMILES string of the molecule is CCCNC(=O)N1CCN(c2cc(Cl)nc(-n3ccnc3)n2)C(CC(=O)NC(C)c2ccc(OC)c(OC)c2)C1. The molecule has 40 heavy (non-hydrogen) atoms. The molecule has 1 aliphatic rings. The normalized spacial score (nSPS) is 15.9. The lowest BCUT2D eigenvalue weighted by Gasteiger charge is -2.42. The highest BCUT2D eigenvalue weighted by atomic mass is 35.5. The Morgan fingerprint density at radius 1 is 1.15 bits per heavy atom. The molecule has 3 aromatic rings. The van der Waals surface area contributed by atoms with Gasteiger partial charge in [0.1, 0.15) is 17.3 Å². The van der Waals surface area contributed by atoms with E-state index in [1.807, 2.05) is 36.9 Å². The number of amides is 3. The summed E-state index contributed by atoms with van der Waals surface area (Å²) in [5, 5.41) is 6.27. The fraction of sp³-hybridized carbons (Fsp3) is 0.444. The van der Waals surface area contributed by atoms with E-state index < -0.39 is 0 Å². The molecule has 0 bridgehead atoms. The third kappa shape index (κ3) is 6.92. The number of imidazole rings is 1. The van der Waals surface area contributed by atoms with Gasteiger partial charge in [-0.1, -0.05) is 24.6 Å². The summed E-state index contributed by atoms with van der Waals surface area (Å²) in [5.41, 5.74) is 0.875. The molecule has 0 aliphatic carbocycles. The summed E-state index contributed by atoms with van der Waals surface area (Å²) in [6.07, 6.45) is 5.92. The summed E-state index contributed by atoms with van der Waals surface area (Å²) >= 11 is 6.37. The molecule has 0 radical (unpaired) electrons. The highest BCUT2D eigenvalue weighted by Gasteiger charge is 2.33. The lowest BCUT2D eigenvalue weighted by atomic mass is 10.1. The smallest absolute Gasteiger partial charge is 0.317 e. The van der Waals surface area contributed by atoms with E-state index in [9.17, 15) is 9.59 Å². The summed E-state index contributed by atoms with van der Waals surface area (Å²) in [4.78, 5) is 42.9. The van der Waals surface area contributed by atoms with Crippen LogP contribution in [0.25, 0.3) is 5.95 Å². The molecule has 1 aliphatic heterocycles. The molecule has 3 heterocycles. The summed E-state index contributed by atoms with van der Waals surface area (Å²) < 4.78 is 12.4. The van der Waals surface area contributed by atoms with Crippen LogP contribution in [-0.2, 0) is 4.79 Å². The number of hydrogen-bond donors (Lipinski definition) is 2. The zero-order valence-corrected chi connectivity index (χ0v) is 23.9. The number of piperazine rings is 1. The van der Waals surface area contributed by atoms with Crippen LogP contribution in [0.3, 0.4) is 0 Å². The molecule has 0 saturated carbocycles. The summed E-state index contributed by atoms with van der Waals surface area (Å²) in [6.45, 7) is 5.78. The van der Waals surface area contributed by atoms with Crippen molar-refractivity contribution in [3.63, 3.8) is 0 Å². The van der Waals surface area contributed by atoms with Crippen LogP contribution in [0.4, 0.5) is 10.6 Å². The molecule has 2 atom stereocenters. The first kappa shape index (κ1) is 28.9. The van der Waals surface area contributed by atoms with Crippen molar-refractivity contribution in [1.29, 1.82) is 0 Å². The number of rotatable bonds is 10. The van der Waals surface area contributed by atoms with Crippen LogP contribution in [0.2, 0.25) is 5.15 Å². The Balaban J connectivity index is 1.54. The van der Waals surface area contributed by atoms with Crippen LogP contribution >= 0.6 is 11.6 Å². The van der Waals surface area contributed by atoms with E-state index in [1.165, 1.54) is 0 Å². The van der Waals surface area contributed by atoms with Gasteiger partial charge in [-0.2, -0.15) is 4.98 Å². The lowest BCUT2D eigenvalue weighted by molar-refractivity contribution is -0.122. The summed E-state index contributed by atoms with van der Waals surface area (Å²) in [5.74, 6) is 1.98. The quantitative estimate of drug-likeness (QED) is 0.356. The van der Waals surface area contributed by atoms with E-state index in [0.29, 0.717) is 49.4 Å². The first-order chi connectivity index (χ1) is 19.3. The Morgan fingerprint density at radius 3 is 2.65 bits per heavy atom. The number of benzene rings is 1. The second-order valence-electron chi connectivity index (χ2n) is 9.45. The van der Waals surface area contributed by atoms with Gasteiger partial charge in [0, 0.05) is 51.1 Å². The van der Waals surface area contributed by atoms with Gasteiger partial charge in [-0.15, -0.1) is 0 Å². The first-order valence-electron chi connectivity index (χ1n) is 13.2. The van der Waals surface area contributed by atoms with Gasteiger partial charge in [0.25, 0.3) is 0 Å². The predicted molar refractivity (Wildman–Crippen MR) is 151 cm³/mol. The van der Waals surface area contributed by atoms with Gasteiger partial charge >= 0.3 is 6.03 Å². The van der Waals surface area contributed by atoms with Gasteiger partial charge in [-0.3, -0.25) is 9.36 Å². The topological polar surface area (TPSA) is 127 Å². The third-order valence-electron chi connectivity index (χ3n) is 6.70. The molecule has 1 fully saturated rings. The van der Waals surface area contributed by atoms with Gasteiger partial charge in [0.2, 0.25) is 11.9 Å². The fourth-order valence-electron chi connectivity index (χ4n) is 4.61. The summed E-state index contributed by atoms with van der Waals surface area (Å²) in [7, 11) is 3.15. The average molecular weight is 571 g/mol. The number of carbonyl (C=O) groups excluding carboxylic acids is 2. The monoisotopic (exact) mass is 570 g/mol. The van der Waals surface area contributed by atoms with Crippen LogP contribution in [0.1, 0.15) is 38.3 Å². The van der Waals surface area contributed by atoms with E-state index in [-0.39, 0.29) is 35.6 Å². The van der Waals surface area contributed by atoms with Crippen molar-refractivity contribution in [2.75, 3.05) is 45.3 Å². The predicted octanol–water partition coefficient (Wildman–Crippen LogP) is 3.21. The number of methoxy groups -OCH3 is 2. The van der Waals surface area contributed by atoms with Crippen molar-refractivity contribution < 1.29 is 19.1 Å². The summed E-state index contributed by atoms with van der Waals surface area (Å²) in [6, 6.07) is 6.44. The minimum absolute atomic E-state index is 0.136. The van der Waals surface area contributed by atoms with Crippen LogP contribution < -0.4 is 25.0 Å². The molecule has 4 rings (SSSR count). The van der Waals surface area contributed by atoms with E-state index in [0.717, 1.165) is 12.0 Å². The third-order valence-corrected chi connectivity index (χ3v) is 6.90. The molecule has 3 amide bonds. The van der Waals surface area contributed by atoms with E-state index >= 15 is 0 Å². The molecule has 1 aromatic carbocycles. The standard InChI is InChI=1S/C27H35ClN8O4/c1-5-8-30-27(38)34-11-12-36(24-15-23(28)32-26(33-24)35-10-9-29-17-35)20(16-34)14-25(37)31-18(2)19-6-7-21(39-3)22(13-19)40-4/h6-7,9-10,13,15,17-18,20H,5,8,11-12,14,16H2,1-4H3,(H,30,38)(H,31,37). The van der Waals surface area contributed by atoms with Gasteiger partial charge in [-0.05, 0) is 31.0 Å². The minimum Gasteiger partial charge on any atom is -0.493 e. The fourth-order valence-corrected chi connectivity index (χ4v) is 4.79. The molecule has 1 saturated heterocycles. The first-order valence-corrected chi connectivity index (χ1v) is 13.5. The number of hydrogen-bond acceptors (Lipinski definition) is 8. The van der Waals surface area contributed by atoms with Crippen molar-refractivity contribution in [2.45, 2.75) is 38.8 Å². The molecule has 2 N–H and O–H groups in total. The van der Waals surface area contributed by atoms with E-state index in [4.69, 9.17) is 26.1 Å². The average Bonchev–Trinajstić information content (AvgIpc) is 3.50. The van der Waals surface area contributed by atoms with E-state index in [2.05, 4.69) is 20.6 Å². The van der Waals surface area contributed by atoms with Crippen LogP contribution in [0, 0.1) is 0 Å². The Kier molecular flexibility index (Phi) is 9.65. The van der Waals surface area contributed by atoms with Crippen molar-refractivity contribution in [1.82, 2.24) is 35.1 Å². The molecule has 13 heteroatoms. The van der Waals surface area contributed by atoms with Crippen molar-refractivity contribution in [2.24, 2.45) is 0 Å². The van der Waals surface area contributed by atoms with Crippen LogP contribution in [-0.4, -0.2) is 82.8 Å². The Morgan fingerprint density at radius 2 is 1.95 bits per heavy atom. The minimum atomic E-state index is -0.347. The zero-order valence-electron chi connectivity index (χ0n) is 23.1. The molecule has 2 unspecified atom stereocenters. The second-order valence-corrected chi connectivity index (χ2v) is 9.84. The molecule has 214 valence electrons. The number of urea groups is 1. The van der Waals surface area contributed by atoms with Crippen LogP contribution in [0.5, 0.6) is 11.5 Å². The second kappa shape index (κ2) is 13.3. The number of nitrogens with one attached hydrogen (secondary N) is 2. The highest BCUT2D eigenvalue weighted by Crippen LogP contribution is 2.30. The zero-order chi connectivity index (χ0) is 28.6. The molecular weight excluding hydrogens is 536 g/mol. The number of ether oxygens (including phenoxy) is 2. The molecule has 2 aromatic heterocycles. The number of nitrogens with zero attached hydrogens (tertiary/aromatic N) is 6. The van der Waals surface area contributed by atoms with E-state index in [1.54, 1.807) is 48.5 Å². The van der Waals surface area contributed by atoms with Crippen molar-refractivity contribution >= 4 is 29.4 Å². The number of halogens is 1. The lowest BCUT2D eigenvalue weighted by Crippen LogP contribution is -2.58. The van der Waals surface area contributed by atoms with Gasteiger partial charge in [-0.25, -0.2) is 14.8 Å². The maximum atomic E-state index is 13.3. The maximum absolute atomic E-state index is 13.3. The van der Waals surface area contributed by atoms with Gasteiger partial charge in [0.15, 0.2) is 11.5 Å². The van der Waals surface area contributed by atoms with Gasteiger partial charge < -0.3 is 29.9 Å². The molecule has 12 nitrogen and oxygen atoms in total. The Hall–Kier alpha value is -4.06. The number of anilines is 1.